The fourth-order valence-electron chi connectivity index (χ4n) is 4.47. The first-order chi connectivity index (χ1) is 18.8. The molecule has 9 nitrogen and oxygen atoms in total. The van der Waals surface area contributed by atoms with Crippen LogP contribution in [0.5, 0.6) is 0 Å². The number of hydrogen-bond donors (Lipinski definition) is 3. The van der Waals surface area contributed by atoms with Crippen molar-refractivity contribution in [2.45, 2.75) is 57.7 Å². The Balaban J connectivity index is 1.66. The molecular formula is C30H41N5O4. The Kier molecular flexibility index (Phi) is 11.5. The van der Waals surface area contributed by atoms with E-state index in [-0.39, 0.29) is 12.3 Å². The molecule has 0 aliphatic carbocycles. The van der Waals surface area contributed by atoms with E-state index >= 15 is 0 Å². The van der Waals surface area contributed by atoms with E-state index in [4.69, 9.17) is 0 Å². The van der Waals surface area contributed by atoms with Gasteiger partial charge in [0.1, 0.15) is 18.4 Å². The molecule has 0 saturated carbocycles. The lowest BCUT2D eigenvalue weighted by Crippen LogP contribution is -2.54. The maximum atomic E-state index is 13.3. The lowest BCUT2D eigenvalue weighted by atomic mass is 10.0. The molecule has 39 heavy (non-hydrogen) atoms. The molecule has 0 bridgehead atoms. The minimum Gasteiger partial charge on any atom is -0.369 e. The van der Waals surface area contributed by atoms with Gasteiger partial charge in [0.25, 0.3) is 5.91 Å². The Bertz CT molecular complexity index is 1080. The molecule has 2 aromatic carbocycles. The summed E-state index contributed by atoms with van der Waals surface area (Å²) in [6.45, 7) is 7.41. The Morgan fingerprint density at radius 1 is 0.897 bits per heavy atom. The van der Waals surface area contributed by atoms with Crippen LogP contribution in [0.3, 0.4) is 0 Å². The zero-order valence-electron chi connectivity index (χ0n) is 23.2. The molecule has 2 aromatic rings. The minimum absolute atomic E-state index is 0.263. The Morgan fingerprint density at radius 2 is 1.56 bits per heavy atom. The van der Waals surface area contributed by atoms with E-state index in [1.165, 1.54) is 0 Å². The number of anilines is 1. The number of aldehydes is 1. The van der Waals surface area contributed by atoms with Crippen molar-refractivity contribution >= 4 is 29.7 Å². The summed E-state index contributed by atoms with van der Waals surface area (Å²) >= 11 is 0. The number of amides is 3. The van der Waals surface area contributed by atoms with Gasteiger partial charge in [-0.15, -0.1) is 0 Å². The molecule has 1 aliphatic rings. The van der Waals surface area contributed by atoms with Gasteiger partial charge in [0.2, 0.25) is 11.8 Å². The highest BCUT2D eigenvalue weighted by molar-refractivity contribution is 5.98. The molecule has 9 heteroatoms. The zero-order valence-corrected chi connectivity index (χ0v) is 23.2. The fourth-order valence-corrected chi connectivity index (χ4v) is 4.47. The third kappa shape index (κ3) is 9.21. The van der Waals surface area contributed by atoms with Crippen LogP contribution in [0.15, 0.2) is 54.6 Å². The second-order valence-corrected chi connectivity index (χ2v) is 10.2. The predicted molar refractivity (Wildman–Crippen MR) is 153 cm³/mol. The van der Waals surface area contributed by atoms with Crippen LogP contribution in [0, 0.1) is 0 Å². The molecule has 1 saturated heterocycles. The first-order valence-electron chi connectivity index (χ1n) is 13.7. The summed E-state index contributed by atoms with van der Waals surface area (Å²) in [5, 5.41) is 8.24. The molecule has 3 atom stereocenters. The molecule has 3 rings (SSSR count). The number of benzene rings is 2. The molecule has 1 fully saturated rings. The number of rotatable bonds is 13. The first kappa shape index (κ1) is 29.8. The van der Waals surface area contributed by atoms with Crippen molar-refractivity contribution in [2.24, 2.45) is 0 Å². The number of unbranched alkanes of at least 4 members (excludes halogenated alkanes) is 1. The average Bonchev–Trinajstić information content (AvgIpc) is 2.95. The monoisotopic (exact) mass is 535 g/mol. The maximum Gasteiger partial charge on any atom is 0.251 e. The van der Waals surface area contributed by atoms with Gasteiger partial charge in [0.05, 0.1) is 6.04 Å². The number of carbonyl (C=O) groups excluding carboxylic acids is 4. The van der Waals surface area contributed by atoms with Gasteiger partial charge in [-0.1, -0.05) is 50.1 Å². The molecule has 1 aliphatic heterocycles. The van der Waals surface area contributed by atoms with Crippen molar-refractivity contribution in [1.29, 1.82) is 0 Å². The number of likely N-dealkylation sites (N-methyl/N-ethyl adjacent to an activating group) is 1. The zero-order chi connectivity index (χ0) is 28.2. The van der Waals surface area contributed by atoms with Crippen molar-refractivity contribution in [2.75, 3.05) is 38.1 Å². The largest absolute Gasteiger partial charge is 0.369 e. The van der Waals surface area contributed by atoms with E-state index < -0.39 is 29.9 Å². The highest BCUT2D eigenvalue weighted by Gasteiger charge is 2.26. The standard InChI is InChI=1S/C30H41N5O4/c1-4-5-11-25(21-36)32-28(37)22(2)31-30(39)27(20-23-9-7-6-8-10-23)33-29(38)24-12-14-26(15-13-24)35-18-16-34(3)17-19-35/h6-10,12-15,21-22,25,27H,4-5,11,16-20H2,1-3H3,(H,31,39)(H,32,37)(H,33,38). The number of nitrogens with one attached hydrogen (secondary N) is 3. The summed E-state index contributed by atoms with van der Waals surface area (Å²) < 4.78 is 0. The van der Waals surface area contributed by atoms with Crippen molar-refractivity contribution in [3.63, 3.8) is 0 Å². The quantitative estimate of drug-likeness (QED) is 0.339. The third-order valence-corrected chi connectivity index (χ3v) is 7.02. The summed E-state index contributed by atoms with van der Waals surface area (Å²) in [5.41, 5.74) is 2.39. The van der Waals surface area contributed by atoms with Gasteiger partial charge < -0.3 is 30.5 Å². The summed E-state index contributed by atoms with van der Waals surface area (Å²) in [6, 6.07) is 14.4. The van der Waals surface area contributed by atoms with Gasteiger partial charge in [0.15, 0.2) is 0 Å². The highest BCUT2D eigenvalue weighted by Crippen LogP contribution is 2.17. The maximum absolute atomic E-state index is 13.3. The van der Waals surface area contributed by atoms with E-state index in [9.17, 15) is 19.2 Å². The van der Waals surface area contributed by atoms with Crippen LogP contribution in [0.2, 0.25) is 0 Å². The highest BCUT2D eigenvalue weighted by atomic mass is 16.2. The van der Waals surface area contributed by atoms with Gasteiger partial charge in [0, 0.05) is 43.9 Å². The van der Waals surface area contributed by atoms with Crippen molar-refractivity contribution in [3.8, 4) is 0 Å². The van der Waals surface area contributed by atoms with Crippen molar-refractivity contribution < 1.29 is 19.2 Å². The second kappa shape index (κ2) is 15.0. The molecular weight excluding hydrogens is 494 g/mol. The van der Waals surface area contributed by atoms with E-state index in [1.54, 1.807) is 19.1 Å². The molecule has 210 valence electrons. The molecule has 3 amide bonds. The van der Waals surface area contributed by atoms with Gasteiger partial charge >= 0.3 is 0 Å². The Morgan fingerprint density at radius 3 is 2.18 bits per heavy atom. The lowest BCUT2D eigenvalue weighted by Gasteiger charge is -2.34. The van der Waals surface area contributed by atoms with E-state index in [1.807, 2.05) is 49.4 Å². The van der Waals surface area contributed by atoms with Gasteiger partial charge in [-0.3, -0.25) is 14.4 Å². The molecule has 0 aromatic heterocycles. The number of piperazine rings is 1. The lowest BCUT2D eigenvalue weighted by molar-refractivity contribution is -0.130. The van der Waals surface area contributed by atoms with Crippen molar-refractivity contribution in [3.05, 3.63) is 65.7 Å². The smallest absolute Gasteiger partial charge is 0.251 e. The normalized spacial score (nSPS) is 16.0. The van der Waals surface area contributed by atoms with Crippen LogP contribution in [0.1, 0.15) is 49.0 Å². The van der Waals surface area contributed by atoms with E-state index in [0.29, 0.717) is 12.0 Å². The van der Waals surface area contributed by atoms with Gasteiger partial charge in [-0.2, -0.15) is 0 Å². The van der Waals surface area contributed by atoms with Crippen LogP contribution in [-0.4, -0.2) is 80.3 Å². The molecule has 3 N–H and O–H groups in total. The molecule has 0 radical (unpaired) electrons. The Hall–Kier alpha value is -3.72. The van der Waals surface area contributed by atoms with E-state index in [0.717, 1.165) is 56.6 Å². The number of hydrogen-bond acceptors (Lipinski definition) is 6. The predicted octanol–water partition coefficient (Wildman–Crippen LogP) is 2.16. The van der Waals surface area contributed by atoms with E-state index in [2.05, 4.69) is 32.8 Å². The average molecular weight is 536 g/mol. The van der Waals surface area contributed by atoms with Crippen LogP contribution in [0.25, 0.3) is 0 Å². The Labute approximate surface area is 231 Å². The van der Waals surface area contributed by atoms with Crippen LogP contribution in [-0.2, 0) is 20.8 Å². The summed E-state index contributed by atoms with van der Waals surface area (Å²) in [7, 11) is 2.11. The second-order valence-electron chi connectivity index (χ2n) is 10.2. The number of carbonyl (C=O) groups is 4. The van der Waals surface area contributed by atoms with Crippen LogP contribution in [0.4, 0.5) is 5.69 Å². The molecule has 3 unspecified atom stereocenters. The summed E-state index contributed by atoms with van der Waals surface area (Å²) in [6.07, 6.45) is 3.25. The van der Waals surface area contributed by atoms with Crippen LogP contribution >= 0.6 is 0 Å². The minimum atomic E-state index is -0.894. The molecule has 0 spiro atoms. The first-order valence-corrected chi connectivity index (χ1v) is 13.7. The van der Waals surface area contributed by atoms with Gasteiger partial charge in [-0.25, -0.2) is 0 Å². The topological polar surface area (TPSA) is 111 Å². The molecule has 1 heterocycles. The third-order valence-electron chi connectivity index (χ3n) is 7.02. The van der Waals surface area contributed by atoms with Crippen molar-refractivity contribution in [1.82, 2.24) is 20.9 Å². The summed E-state index contributed by atoms with van der Waals surface area (Å²) in [5.74, 6) is -1.28. The summed E-state index contributed by atoms with van der Waals surface area (Å²) in [4.78, 5) is 55.0. The number of nitrogens with zero attached hydrogens (tertiary/aromatic N) is 2. The fraction of sp³-hybridized carbons (Fsp3) is 0.467. The van der Waals surface area contributed by atoms with Gasteiger partial charge in [-0.05, 0) is 50.2 Å². The SMILES string of the molecule is CCCCC(C=O)NC(=O)C(C)NC(=O)C(Cc1ccccc1)NC(=O)c1ccc(N2CCN(C)CC2)cc1. The van der Waals surface area contributed by atoms with Crippen LogP contribution < -0.4 is 20.9 Å².